The van der Waals surface area contributed by atoms with E-state index in [4.69, 9.17) is 4.74 Å². The molecule has 3 heteroatoms. The molecule has 3 nitrogen and oxygen atoms in total. The summed E-state index contributed by atoms with van der Waals surface area (Å²) in [5, 5.41) is 3.39. The van der Waals surface area contributed by atoms with Crippen LogP contribution in [0.1, 0.15) is 38.0 Å². The van der Waals surface area contributed by atoms with Gasteiger partial charge in [-0.15, -0.1) is 0 Å². The maximum Gasteiger partial charge on any atom is 0.0944 e. The van der Waals surface area contributed by atoms with Gasteiger partial charge in [0.2, 0.25) is 0 Å². The summed E-state index contributed by atoms with van der Waals surface area (Å²) in [7, 11) is 0. The van der Waals surface area contributed by atoms with E-state index in [1.165, 1.54) is 38.0 Å². The Morgan fingerprint density at radius 2 is 2.25 bits per heavy atom. The lowest BCUT2D eigenvalue weighted by molar-refractivity contribution is 0.0510. The number of H-pyrrole nitrogens is 1. The fourth-order valence-corrected chi connectivity index (χ4v) is 2.27. The smallest absolute Gasteiger partial charge is 0.0944 e. The van der Waals surface area contributed by atoms with Crippen molar-refractivity contribution < 1.29 is 4.74 Å². The first-order valence-corrected chi connectivity index (χ1v) is 6.32. The summed E-state index contributed by atoms with van der Waals surface area (Å²) in [4.78, 5) is 3.19. The molecule has 1 aromatic rings. The number of ether oxygens (including phenoxy) is 1. The molecule has 0 bridgehead atoms. The lowest BCUT2D eigenvalue weighted by atomic mass is 9.95. The largest absolute Gasteiger partial charge is 0.372 e. The van der Waals surface area contributed by atoms with Crippen LogP contribution in [-0.4, -0.2) is 24.7 Å². The highest BCUT2D eigenvalue weighted by atomic mass is 16.5. The zero-order valence-electron chi connectivity index (χ0n) is 10.0. The lowest BCUT2D eigenvalue weighted by Gasteiger charge is -2.23. The van der Waals surface area contributed by atoms with Crippen LogP contribution in [-0.2, 0) is 4.74 Å². The molecule has 0 saturated carbocycles. The van der Waals surface area contributed by atoms with Gasteiger partial charge in [-0.25, -0.2) is 0 Å². The van der Waals surface area contributed by atoms with E-state index in [-0.39, 0.29) is 6.10 Å². The number of hydrogen-bond acceptors (Lipinski definition) is 2. The molecule has 1 saturated heterocycles. The van der Waals surface area contributed by atoms with Crippen LogP contribution >= 0.6 is 0 Å². The van der Waals surface area contributed by atoms with Gasteiger partial charge in [-0.2, -0.15) is 0 Å². The van der Waals surface area contributed by atoms with Gasteiger partial charge in [0.05, 0.1) is 6.10 Å². The van der Waals surface area contributed by atoms with Crippen molar-refractivity contribution in [3.8, 4) is 0 Å². The molecule has 0 aromatic carbocycles. The van der Waals surface area contributed by atoms with Crippen LogP contribution in [0, 0.1) is 5.92 Å². The van der Waals surface area contributed by atoms with Crippen LogP contribution in [0.15, 0.2) is 18.3 Å². The monoisotopic (exact) mass is 222 g/mol. The second-order valence-corrected chi connectivity index (χ2v) is 4.62. The molecule has 0 amide bonds. The van der Waals surface area contributed by atoms with Crippen LogP contribution in [0.3, 0.4) is 0 Å². The van der Waals surface area contributed by atoms with Crippen LogP contribution in [0.4, 0.5) is 0 Å². The average Bonchev–Trinajstić information content (AvgIpc) is 2.84. The number of hydrogen-bond donors (Lipinski definition) is 2. The minimum Gasteiger partial charge on any atom is -0.372 e. The third-order valence-corrected chi connectivity index (χ3v) is 3.41. The van der Waals surface area contributed by atoms with Gasteiger partial charge < -0.3 is 15.0 Å². The molecule has 1 atom stereocenters. The minimum atomic E-state index is 0.191. The highest BCUT2D eigenvalue weighted by Gasteiger charge is 2.13. The molecule has 2 heterocycles. The first-order valence-electron chi connectivity index (χ1n) is 6.32. The molecule has 1 aliphatic heterocycles. The van der Waals surface area contributed by atoms with Crippen LogP contribution in [0.2, 0.25) is 0 Å². The normalized spacial score (nSPS) is 19.8. The highest BCUT2D eigenvalue weighted by molar-refractivity contribution is 5.06. The first kappa shape index (κ1) is 11.7. The average molecular weight is 222 g/mol. The van der Waals surface area contributed by atoms with Gasteiger partial charge >= 0.3 is 0 Å². The number of rotatable bonds is 5. The van der Waals surface area contributed by atoms with Crippen molar-refractivity contribution in [3.05, 3.63) is 24.0 Å². The van der Waals surface area contributed by atoms with Crippen molar-refractivity contribution in [2.75, 3.05) is 19.7 Å². The van der Waals surface area contributed by atoms with Gasteiger partial charge in [-0.3, -0.25) is 0 Å². The molecule has 1 aliphatic rings. The maximum absolute atomic E-state index is 5.84. The predicted molar refractivity (Wildman–Crippen MR) is 65.4 cm³/mol. The van der Waals surface area contributed by atoms with E-state index in [0.29, 0.717) is 0 Å². The van der Waals surface area contributed by atoms with Crippen LogP contribution in [0.5, 0.6) is 0 Å². The molecule has 16 heavy (non-hydrogen) atoms. The molecule has 0 aliphatic carbocycles. The molecule has 2 N–H and O–H groups in total. The van der Waals surface area contributed by atoms with Crippen molar-refractivity contribution in [2.45, 2.75) is 32.3 Å². The van der Waals surface area contributed by atoms with Gasteiger partial charge in [-0.1, -0.05) is 0 Å². The van der Waals surface area contributed by atoms with E-state index < -0.39 is 0 Å². The maximum atomic E-state index is 5.84. The third kappa shape index (κ3) is 3.35. The molecule has 0 spiro atoms. The Morgan fingerprint density at radius 3 is 2.94 bits per heavy atom. The summed E-state index contributed by atoms with van der Waals surface area (Å²) < 4.78 is 5.84. The molecule has 1 fully saturated rings. The summed E-state index contributed by atoms with van der Waals surface area (Å²) >= 11 is 0. The SMILES string of the molecule is C[C@H](OCCC1CCNCC1)c1ccc[nH]1. The number of aromatic nitrogens is 1. The second kappa shape index (κ2) is 6.06. The van der Waals surface area contributed by atoms with E-state index in [0.717, 1.165) is 12.5 Å². The molecule has 90 valence electrons. The minimum absolute atomic E-state index is 0.191. The van der Waals surface area contributed by atoms with Gasteiger partial charge in [0.25, 0.3) is 0 Å². The Balaban J connectivity index is 1.63. The summed E-state index contributed by atoms with van der Waals surface area (Å²) in [5.74, 6) is 0.858. The Hall–Kier alpha value is -0.800. The van der Waals surface area contributed by atoms with Crippen LogP contribution in [0.25, 0.3) is 0 Å². The topological polar surface area (TPSA) is 37.0 Å². The summed E-state index contributed by atoms with van der Waals surface area (Å²) in [5.41, 5.74) is 1.17. The number of nitrogens with one attached hydrogen (secondary N) is 2. The highest BCUT2D eigenvalue weighted by Crippen LogP contribution is 2.19. The quantitative estimate of drug-likeness (QED) is 0.803. The lowest BCUT2D eigenvalue weighted by Crippen LogP contribution is -2.28. The molecule has 2 rings (SSSR count). The fraction of sp³-hybridized carbons (Fsp3) is 0.692. The standard InChI is InChI=1S/C13H22N2O/c1-11(13-3-2-7-15-13)16-10-6-12-4-8-14-9-5-12/h2-3,7,11-12,14-15H,4-6,8-10H2,1H3/t11-/m0/s1. The van der Waals surface area contributed by atoms with Gasteiger partial charge in [0, 0.05) is 18.5 Å². The van der Waals surface area contributed by atoms with E-state index >= 15 is 0 Å². The van der Waals surface area contributed by atoms with E-state index in [2.05, 4.69) is 23.3 Å². The summed E-state index contributed by atoms with van der Waals surface area (Å²) in [6, 6.07) is 4.09. The zero-order chi connectivity index (χ0) is 11.2. The zero-order valence-corrected chi connectivity index (χ0v) is 10.0. The predicted octanol–water partition coefficient (Wildman–Crippen LogP) is 2.48. The van der Waals surface area contributed by atoms with Crippen molar-refractivity contribution in [1.82, 2.24) is 10.3 Å². The molecule has 1 aromatic heterocycles. The van der Waals surface area contributed by atoms with Crippen molar-refractivity contribution in [1.29, 1.82) is 0 Å². The Morgan fingerprint density at radius 1 is 1.44 bits per heavy atom. The first-order chi connectivity index (χ1) is 7.86. The Bertz CT molecular complexity index is 278. The van der Waals surface area contributed by atoms with Crippen molar-refractivity contribution >= 4 is 0 Å². The summed E-state index contributed by atoms with van der Waals surface area (Å²) in [6.45, 7) is 5.34. The van der Waals surface area contributed by atoms with Gasteiger partial charge in [0.1, 0.15) is 0 Å². The fourth-order valence-electron chi connectivity index (χ4n) is 2.27. The number of aromatic amines is 1. The van der Waals surface area contributed by atoms with Gasteiger partial charge in [-0.05, 0) is 57.3 Å². The van der Waals surface area contributed by atoms with Gasteiger partial charge in [0.15, 0.2) is 0 Å². The van der Waals surface area contributed by atoms with Crippen molar-refractivity contribution in [2.24, 2.45) is 5.92 Å². The molecule has 0 radical (unpaired) electrons. The second-order valence-electron chi connectivity index (χ2n) is 4.62. The summed E-state index contributed by atoms with van der Waals surface area (Å²) in [6.07, 6.45) is 5.95. The van der Waals surface area contributed by atoms with Crippen molar-refractivity contribution in [3.63, 3.8) is 0 Å². The Kier molecular flexibility index (Phi) is 4.43. The molecule has 0 unspecified atom stereocenters. The Labute approximate surface area is 97.6 Å². The van der Waals surface area contributed by atoms with E-state index in [1.807, 2.05) is 12.3 Å². The van der Waals surface area contributed by atoms with E-state index in [1.54, 1.807) is 0 Å². The molecular formula is C13H22N2O. The van der Waals surface area contributed by atoms with E-state index in [9.17, 15) is 0 Å². The third-order valence-electron chi connectivity index (χ3n) is 3.41. The van der Waals surface area contributed by atoms with Crippen LogP contribution < -0.4 is 5.32 Å². The number of piperidine rings is 1. The molecular weight excluding hydrogens is 200 g/mol.